The van der Waals surface area contributed by atoms with Crippen LogP contribution in [0, 0.1) is 25.2 Å². The van der Waals surface area contributed by atoms with E-state index in [0.29, 0.717) is 5.82 Å². The van der Waals surface area contributed by atoms with Crippen molar-refractivity contribution in [3.05, 3.63) is 21.7 Å². The van der Waals surface area contributed by atoms with Gasteiger partial charge in [-0.3, -0.25) is 0 Å². The fraction of sp³-hybridized carbons (Fsp3) is 0.500. The summed E-state index contributed by atoms with van der Waals surface area (Å²) in [6.45, 7) is 7.42. The minimum Gasteiger partial charge on any atom is -0.237 e. The van der Waals surface area contributed by atoms with Gasteiger partial charge >= 0.3 is 0 Å². The molecule has 0 aliphatic heterocycles. The Kier molecular flexibility index (Phi) is 2.91. The van der Waals surface area contributed by atoms with Crippen molar-refractivity contribution >= 4 is 15.9 Å². The first kappa shape index (κ1) is 11.1. The molecule has 0 aliphatic rings. The van der Waals surface area contributed by atoms with E-state index in [4.69, 9.17) is 5.26 Å². The van der Waals surface area contributed by atoms with E-state index in [2.05, 4.69) is 32.0 Å². The first-order valence-corrected chi connectivity index (χ1v) is 5.10. The largest absolute Gasteiger partial charge is 0.237 e. The third kappa shape index (κ3) is 1.93. The smallest absolute Gasteiger partial charge is 0.125 e. The SMILES string of the molecule is Cc1nc(C)c(Br)c(C(C)(C)C#N)n1. The molecular formula is C10H12BrN3. The monoisotopic (exact) mass is 253 g/mol. The van der Waals surface area contributed by atoms with E-state index in [1.807, 2.05) is 27.7 Å². The van der Waals surface area contributed by atoms with Gasteiger partial charge < -0.3 is 0 Å². The molecule has 1 heterocycles. The molecule has 0 fully saturated rings. The van der Waals surface area contributed by atoms with Crippen LogP contribution in [-0.2, 0) is 5.41 Å². The lowest BCUT2D eigenvalue weighted by molar-refractivity contribution is 0.644. The molecule has 14 heavy (non-hydrogen) atoms. The zero-order valence-electron chi connectivity index (χ0n) is 8.72. The lowest BCUT2D eigenvalue weighted by atomic mass is 9.91. The van der Waals surface area contributed by atoms with Gasteiger partial charge in [-0.05, 0) is 43.6 Å². The molecule has 0 aromatic carbocycles. The van der Waals surface area contributed by atoms with E-state index in [1.54, 1.807) is 0 Å². The Bertz CT molecular complexity index is 405. The van der Waals surface area contributed by atoms with Crippen molar-refractivity contribution in [3.63, 3.8) is 0 Å². The second-order valence-electron chi connectivity index (χ2n) is 3.76. The quantitative estimate of drug-likeness (QED) is 0.774. The first-order valence-electron chi connectivity index (χ1n) is 4.31. The van der Waals surface area contributed by atoms with Crippen LogP contribution in [0.2, 0.25) is 0 Å². The van der Waals surface area contributed by atoms with Gasteiger partial charge in [-0.2, -0.15) is 5.26 Å². The maximum absolute atomic E-state index is 9.02. The number of hydrogen-bond donors (Lipinski definition) is 0. The molecule has 74 valence electrons. The Hall–Kier alpha value is -0.950. The number of halogens is 1. The fourth-order valence-corrected chi connectivity index (χ4v) is 1.84. The summed E-state index contributed by atoms with van der Waals surface area (Å²) >= 11 is 3.41. The first-order chi connectivity index (χ1) is 6.38. The highest BCUT2D eigenvalue weighted by atomic mass is 79.9. The molecule has 0 bridgehead atoms. The fourth-order valence-electron chi connectivity index (χ4n) is 1.17. The summed E-state index contributed by atoms with van der Waals surface area (Å²) in [7, 11) is 0. The summed E-state index contributed by atoms with van der Waals surface area (Å²) in [5.74, 6) is 0.698. The van der Waals surface area contributed by atoms with Crippen LogP contribution in [0.1, 0.15) is 31.1 Å². The van der Waals surface area contributed by atoms with E-state index < -0.39 is 5.41 Å². The maximum Gasteiger partial charge on any atom is 0.125 e. The van der Waals surface area contributed by atoms with Crippen LogP contribution in [0.5, 0.6) is 0 Å². The minimum absolute atomic E-state index is 0.586. The molecule has 0 atom stereocenters. The van der Waals surface area contributed by atoms with Crippen molar-refractivity contribution in [2.45, 2.75) is 33.1 Å². The molecule has 0 unspecified atom stereocenters. The Morgan fingerprint density at radius 3 is 2.36 bits per heavy atom. The Morgan fingerprint density at radius 1 is 1.29 bits per heavy atom. The Balaban J connectivity index is 3.44. The molecule has 0 spiro atoms. The van der Waals surface area contributed by atoms with Gasteiger partial charge in [0.15, 0.2) is 0 Å². The lowest BCUT2D eigenvalue weighted by Crippen LogP contribution is -2.18. The zero-order chi connectivity index (χ0) is 10.9. The van der Waals surface area contributed by atoms with Crippen LogP contribution >= 0.6 is 15.9 Å². The average molecular weight is 254 g/mol. The van der Waals surface area contributed by atoms with Crippen LogP contribution < -0.4 is 0 Å². The molecule has 0 amide bonds. The number of nitrogens with zero attached hydrogens (tertiary/aromatic N) is 3. The zero-order valence-corrected chi connectivity index (χ0v) is 10.3. The van der Waals surface area contributed by atoms with Gasteiger partial charge in [0.1, 0.15) is 5.82 Å². The van der Waals surface area contributed by atoms with Crippen LogP contribution in [-0.4, -0.2) is 9.97 Å². The molecule has 3 nitrogen and oxygen atoms in total. The van der Waals surface area contributed by atoms with Crippen LogP contribution in [0.25, 0.3) is 0 Å². The third-order valence-electron chi connectivity index (χ3n) is 2.00. The number of rotatable bonds is 1. The van der Waals surface area contributed by atoms with Gasteiger partial charge in [-0.25, -0.2) is 9.97 Å². The standard InChI is InChI=1S/C10H12BrN3/c1-6-8(11)9(10(3,4)5-12)14-7(2)13-6/h1-4H3. The number of aryl methyl sites for hydroxylation is 2. The minimum atomic E-state index is -0.586. The summed E-state index contributed by atoms with van der Waals surface area (Å²) in [5, 5.41) is 9.02. The molecule has 1 aromatic heterocycles. The summed E-state index contributed by atoms with van der Waals surface area (Å²) in [6.07, 6.45) is 0. The second kappa shape index (κ2) is 3.66. The summed E-state index contributed by atoms with van der Waals surface area (Å²) in [5.41, 5.74) is 1.04. The average Bonchev–Trinajstić information content (AvgIpc) is 2.11. The van der Waals surface area contributed by atoms with Crippen molar-refractivity contribution in [2.75, 3.05) is 0 Å². The third-order valence-corrected chi connectivity index (χ3v) is 2.95. The van der Waals surface area contributed by atoms with Crippen LogP contribution in [0.4, 0.5) is 0 Å². The highest BCUT2D eigenvalue weighted by Crippen LogP contribution is 2.29. The van der Waals surface area contributed by atoms with E-state index in [1.165, 1.54) is 0 Å². The molecular weight excluding hydrogens is 242 g/mol. The molecule has 4 heteroatoms. The Morgan fingerprint density at radius 2 is 1.86 bits per heavy atom. The Labute approximate surface area is 92.3 Å². The van der Waals surface area contributed by atoms with Gasteiger partial charge in [0, 0.05) is 0 Å². The molecule has 0 aliphatic carbocycles. The maximum atomic E-state index is 9.02. The molecule has 0 saturated heterocycles. The van der Waals surface area contributed by atoms with E-state index in [-0.39, 0.29) is 0 Å². The number of nitriles is 1. The topological polar surface area (TPSA) is 49.6 Å². The van der Waals surface area contributed by atoms with Crippen LogP contribution in [0.15, 0.2) is 4.47 Å². The van der Waals surface area contributed by atoms with Crippen molar-refractivity contribution < 1.29 is 0 Å². The van der Waals surface area contributed by atoms with Gasteiger partial charge in [0.2, 0.25) is 0 Å². The van der Waals surface area contributed by atoms with Crippen molar-refractivity contribution in [2.24, 2.45) is 0 Å². The molecule has 1 rings (SSSR count). The molecule has 0 N–H and O–H groups in total. The van der Waals surface area contributed by atoms with Crippen molar-refractivity contribution in [1.82, 2.24) is 9.97 Å². The predicted octanol–water partition coefficient (Wildman–Crippen LogP) is 2.66. The van der Waals surface area contributed by atoms with Gasteiger partial charge in [0.25, 0.3) is 0 Å². The summed E-state index contributed by atoms with van der Waals surface area (Å²) in [6, 6.07) is 2.23. The van der Waals surface area contributed by atoms with Crippen molar-refractivity contribution in [3.8, 4) is 6.07 Å². The molecule has 0 radical (unpaired) electrons. The van der Waals surface area contributed by atoms with Gasteiger partial charge in [0.05, 0.1) is 27.3 Å². The normalized spacial score (nSPS) is 11.1. The second-order valence-corrected chi connectivity index (χ2v) is 4.55. The molecule has 0 saturated carbocycles. The van der Waals surface area contributed by atoms with Crippen molar-refractivity contribution in [1.29, 1.82) is 5.26 Å². The van der Waals surface area contributed by atoms with Gasteiger partial charge in [-0.15, -0.1) is 0 Å². The highest BCUT2D eigenvalue weighted by molar-refractivity contribution is 9.10. The predicted molar refractivity (Wildman–Crippen MR) is 57.8 cm³/mol. The van der Waals surface area contributed by atoms with Crippen LogP contribution in [0.3, 0.4) is 0 Å². The summed E-state index contributed by atoms with van der Waals surface area (Å²) in [4.78, 5) is 8.51. The highest BCUT2D eigenvalue weighted by Gasteiger charge is 2.25. The van der Waals surface area contributed by atoms with E-state index in [0.717, 1.165) is 15.9 Å². The number of hydrogen-bond acceptors (Lipinski definition) is 3. The molecule has 1 aromatic rings. The van der Waals surface area contributed by atoms with E-state index >= 15 is 0 Å². The number of aromatic nitrogens is 2. The van der Waals surface area contributed by atoms with E-state index in [9.17, 15) is 0 Å². The van der Waals surface area contributed by atoms with Gasteiger partial charge in [-0.1, -0.05) is 0 Å². The summed E-state index contributed by atoms with van der Waals surface area (Å²) < 4.78 is 0.828. The lowest BCUT2D eigenvalue weighted by Gasteiger charge is -2.17.